The van der Waals surface area contributed by atoms with Crippen LogP contribution < -0.4 is 0 Å². The van der Waals surface area contributed by atoms with Crippen LogP contribution in [0.2, 0.25) is 0 Å². The molecule has 0 saturated heterocycles. The maximum atomic E-state index is 9.38. The van der Waals surface area contributed by atoms with Crippen molar-refractivity contribution in [1.29, 1.82) is 0 Å². The van der Waals surface area contributed by atoms with Crippen LogP contribution in [0.15, 0.2) is 0 Å². The van der Waals surface area contributed by atoms with Crippen molar-refractivity contribution in [2.45, 2.75) is 102 Å². The van der Waals surface area contributed by atoms with E-state index in [1.807, 2.05) is 0 Å². The first kappa shape index (κ1) is 22.1. The molecule has 2 fully saturated rings. The standard InChI is InChI=1S/C22H44N2O2/c25-19-17-23(21-11-5-3-6-12-21)15-9-1-2-10-16-24(18-20-26)22-13-7-4-8-14-22/h21-22,25-26H,1-20H2. The van der Waals surface area contributed by atoms with E-state index in [1.54, 1.807) is 0 Å². The molecular weight excluding hydrogens is 324 g/mol. The van der Waals surface area contributed by atoms with Crippen molar-refractivity contribution >= 4 is 0 Å². The van der Waals surface area contributed by atoms with Crippen molar-refractivity contribution in [3.8, 4) is 0 Å². The molecule has 26 heavy (non-hydrogen) atoms. The van der Waals surface area contributed by atoms with Gasteiger partial charge in [0.05, 0.1) is 13.2 Å². The first-order valence-corrected chi connectivity index (χ1v) is 11.5. The summed E-state index contributed by atoms with van der Waals surface area (Å²) in [6, 6.07) is 1.45. The molecule has 4 nitrogen and oxygen atoms in total. The van der Waals surface area contributed by atoms with Crippen LogP contribution >= 0.6 is 0 Å². The first-order chi connectivity index (χ1) is 12.8. The fourth-order valence-corrected chi connectivity index (χ4v) is 5.09. The van der Waals surface area contributed by atoms with Crippen molar-refractivity contribution in [2.24, 2.45) is 0 Å². The lowest BCUT2D eigenvalue weighted by Crippen LogP contribution is -2.39. The highest BCUT2D eigenvalue weighted by molar-refractivity contribution is 4.77. The Balaban J connectivity index is 1.58. The van der Waals surface area contributed by atoms with Crippen LogP contribution in [-0.4, -0.2) is 71.5 Å². The first-order valence-electron chi connectivity index (χ1n) is 11.5. The molecule has 2 saturated carbocycles. The number of hydrogen-bond acceptors (Lipinski definition) is 4. The predicted molar refractivity (Wildman–Crippen MR) is 110 cm³/mol. The molecule has 0 aromatic rings. The van der Waals surface area contributed by atoms with E-state index in [-0.39, 0.29) is 0 Å². The van der Waals surface area contributed by atoms with Crippen molar-refractivity contribution in [3.05, 3.63) is 0 Å². The van der Waals surface area contributed by atoms with Gasteiger partial charge in [0.2, 0.25) is 0 Å². The summed E-state index contributed by atoms with van der Waals surface area (Å²) in [5.41, 5.74) is 0. The van der Waals surface area contributed by atoms with Crippen LogP contribution in [0.1, 0.15) is 89.9 Å². The van der Waals surface area contributed by atoms with E-state index in [2.05, 4.69) is 9.80 Å². The summed E-state index contributed by atoms with van der Waals surface area (Å²) in [4.78, 5) is 5.11. The maximum absolute atomic E-state index is 9.38. The van der Waals surface area contributed by atoms with E-state index in [0.717, 1.165) is 38.3 Å². The van der Waals surface area contributed by atoms with Gasteiger partial charge in [-0.05, 0) is 51.6 Å². The van der Waals surface area contributed by atoms with Crippen LogP contribution in [0, 0.1) is 0 Å². The van der Waals surface area contributed by atoms with Gasteiger partial charge in [0.1, 0.15) is 0 Å². The Morgan fingerprint density at radius 2 is 0.885 bits per heavy atom. The molecule has 0 heterocycles. The Hall–Kier alpha value is -0.160. The van der Waals surface area contributed by atoms with Crippen molar-refractivity contribution in [1.82, 2.24) is 9.80 Å². The number of aliphatic hydroxyl groups is 2. The molecule has 2 N–H and O–H groups in total. The molecule has 2 rings (SSSR count). The fourth-order valence-electron chi connectivity index (χ4n) is 5.09. The van der Waals surface area contributed by atoms with Gasteiger partial charge >= 0.3 is 0 Å². The van der Waals surface area contributed by atoms with Gasteiger partial charge in [0, 0.05) is 25.2 Å². The smallest absolute Gasteiger partial charge is 0.0558 e. The molecule has 2 aliphatic rings. The monoisotopic (exact) mass is 368 g/mol. The number of aliphatic hydroxyl groups excluding tert-OH is 2. The fraction of sp³-hybridized carbons (Fsp3) is 1.00. The summed E-state index contributed by atoms with van der Waals surface area (Å²) in [5.74, 6) is 0. The third-order valence-corrected chi connectivity index (χ3v) is 6.60. The molecule has 0 aliphatic heterocycles. The molecule has 0 aromatic heterocycles. The zero-order valence-corrected chi connectivity index (χ0v) is 17.1. The van der Waals surface area contributed by atoms with Gasteiger partial charge in [-0.3, -0.25) is 9.80 Å². The van der Waals surface area contributed by atoms with Crippen molar-refractivity contribution in [3.63, 3.8) is 0 Å². The van der Waals surface area contributed by atoms with Gasteiger partial charge < -0.3 is 10.2 Å². The van der Waals surface area contributed by atoms with Crippen LogP contribution in [0.4, 0.5) is 0 Å². The van der Waals surface area contributed by atoms with Crippen LogP contribution in [0.25, 0.3) is 0 Å². The topological polar surface area (TPSA) is 46.9 Å². The normalized spacial score (nSPS) is 20.3. The van der Waals surface area contributed by atoms with E-state index in [4.69, 9.17) is 0 Å². The summed E-state index contributed by atoms with van der Waals surface area (Å²) in [5, 5.41) is 18.8. The average Bonchev–Trinajstić information content (AvgIpc) is 2.70. The third kappa shape index (κ3) is 8.24. The lowest BCUT2D eigenvalue weighted by Gasteiger charge is -2.34. The highest BCUT2D eigenvalue weighted by Crippen LogP contribution is 2.24. The lowest BCUT2D eigenvalue weighted by atomic mass is 9.93. The number of rotatable bonds is 13. The lowest BCUT2D eigenvalue weighted by molar-refractivity contribution is 0.117. The van der Waals surface area contributed by atoms with Gasteiger partial charge in [-0.2, -0.15) is 0 Å². The Labute approximate surface area is 161 Å². The minimum atomic E-state index is 0.300. The molecule has 0 aromatic carbocycles. The van der Waals surface area contributed by atoms with E-state index in [1.165, 1.54) is 89.9 Å². The SMILES string of the molecule is OCCN(CCCCCCN(CCO)C1CCCCC1)C1CCCCC1. The Morgan fingerprint density at radius 3 is 1.23 bits per heavy atom. The Bertz CT molecular complexity index is 296. The summed E-state index contributed by atoms with van der Waals surface area (Å²) < 4.78 is 0. The number of hydrogen-bond donors (Lipinski definition) is 2. The quantitative estimate of drug-likeness (QED) is 0.486. The summed E-state index contributed by atoms with van der Waals surface area (Å²) >= 11 is 0. The highest BCUT2D eigenvalue weighted by Gasteiger charge is 2.21. The molecule has 154 valence electrons. The maximum Gasteiger partial charge on any atom is 0.0558 e. The van der Waals surface area contributed by atoms with Crippen LogP contribution in [-0.2, 0) is 0 Å². The molecule has 0 amide bonds. The van der Waals surface area contributed by atoms with E-state index in [9.17, 15) is 10.2 Å². The van der Waals surface area contributed by atoms with E-state index < -0.39 is 0 Å². The predicted octanol–water partition coefficient (Wildman–Crippen LogP) is 3.80. The van der Waals surface area contributed by atoms with Gasteiger partial charge in [-0.15, -0.1) is 0 Å². The zero-order chi connectivity index (χ0) is 18.5. The highest BCUT2D eigenvalue weighted by atomic mass is 16.3. The average molecular weight is 369 g/mol. The minimum Gasteiger partial charge on any atom is -0.395 e. The van der Waals surface area contributed by atoms with Crippen molar-refractivity contribution in [2.75, 3.05) is 39.4 Å². The van der Waals surface area contributed by atoms with E-state index >= 15 is 0 Å². The minimum absolute atomic E-state index is 0.300. The largest absolute Gasteiger partial charge is 0.395 e. The molecule has 2 aliphatic carbocycles. The van der Waals surface area contributed by atoms with Crippen molar-refractivity contribution < 1.29 is 10.2 Å². The molecule has 0 radical (unpaired) electrons. The summed E-state index contributed by atoms with van der Waals surface area (Å²) in [6.45, 7) is 4.64. The second kappa shape index (κ2) is 13.9. The van der Waals surface area contributed by atoms with Gasteiger partial charge in [0.15, 0.2) is 0 Å². The number of nitrogens with zero attached hydrogens (tertiary/aromatic N) is 2. The van der Waals surface area contributed by atoms with Crippen LogP contribution in [0.5, 0.6) is 0 Å². The van der Waals surface area contributed by atoms with Gasteiger partial charge in [-0.25, -0.2) is 0 Å². The van der Waals surface area contributed by atoms with Gasteiger partial charge in [-0.1, -0.05) is 51.4 Å². The van der Waals surface area contributed by atoms with Crippen LogP contribution in [0.3, 0.4) is 0 Å². The van der Waals surface area contributed by atoms with Gasteiger partial charge in [0.25, 0.3) is 0 Å². The molecule has 0 spiro atoms. The summed E-state index contributed by atoms with van der Waals surface area (Å²) in [7, 11) is 0. The molecular formula is C22H44N2O2. The molecule has 0 bridgehead atoms. The molecule has 0 atom stereocenters. The second-order valence-electron chi connectivity index (χ2n) is 8.52. The third-order valence-electron chi connectivity index (χ3n) is 6.60. The molecule has 4 heteroatoms. The van der Waals surface area contributed by atoms with E-state index in [0.29, 0.717) is 13.2 Å². The summed E-state index contributed by atoms with van der Waals surface area (Å²) in [6.07, 6.45) is 18.7. The Morgan fingerprint density at radius 1 is 0.500 bits per heavy atom. The zero-order valence-electron chi connectivity index (χ0n) is 17.1. The number of unbranched alkanes of at least 4 members (excludes halogenated alkanes) is 3. The second-order valence-corrected chi connectivity index (χ2v) is 8.52. The molecule has 0 unspecified atom stereocenters. The Kier molecular flexibility index (Phi) is 11.9.